The van der Waals surface area contributed by atoms with Gasteiger partial charge in [-0.05, 0) is 44.9 Å². The van der Waals surface area contributed by atoms with Gasteiger partial charge in [-0.2, -0.15) is 18.3 Å². The van der Waals surface area contributed by atoms with Crippen molar-refractivity contribution < 1.29 is 23.0 Å². The smallest absolute Gasteiger partial charge is 0.435 e. The Morgan fingerprint density at radius 1 is 1.03 bits per heavy atom. The van der Waals surface area contributed by atoms with Gasteiger partial charge in [0.25, 0.3) is 0 Å². The van der Waals surface area contributed by atoms with E-state index in [9.17, 15) is 18.3 Å². The summed E-state index contributed by atoms with van der Waals surface area (Å²) in [7, 11) is 0. The van der Waals surface area contributed by atoms with Gasteiger partial charge in [-0.3, -0.25) is 4.98 Å². The lowest BCUT2D eigenvalue weighted by atomic mass is 10.0. The van der Waals surface area contributed by atoms with Crippen molar-refractivity contribution in [3.05, 3.63) is 54.1 Å². The second kappa shape index (κ2) is 8.42. The highest BCUT2D eigenvalue weighted by atomic mass is 19.4. The highest BCUT2D eigenvalue weighted by Gasteiger charge is 2.36. The lowest BCUT2D eigenvalue weighted by Crippen LogP contribution is -2.17. The number of hydrogen-bond acceptors (Lipinski definition) is 6. The van der Waals surface area contributed by atoms with Crippen molar-refractivity contribution >= 4 is 11.5 Å². The predicted octanol–water partition coefficient (Wildman–Crippen LogP) is 5.57. The summed E-state index contributed by atoms with van der Waals surface area (Å²) >= 11 is 0. The number of rotatable bonds is 6. The molecular weight excluding hydrogens is 423 g/mol. The first-order chi connectivity index (χ1) is 15.1. The Bertz CT molecular complexity index is 1090. The van der Waals surface area contributed by atoms with Crippen LogP contribution in [0.2, 0.25) is 0 Å². The predicted molar refractivity (Wildman–Crippen MR) is 112 cm³/mol. The fraction of sp³-hybridized carbons (Fsp3) is 0.409. The average Bonchev–Trinajstić information content (AvgIpc) is 3.37. The minimum atomic E-state index is -4.55. The summed E-state index contributed by atoms with van der Waals surface area (Å²) in [5.74, 6) is 0.806. The Labute approximate surface area is 183 Å². The van der Waals surface area contributed by atoms with Crippen LogP contribution in [0.25, 0.3) is 0 Å². The molecule has 0 aliphatic heterocycles. The molecule has 0 amide bonds. The molecule has 1 aliphatic rings. The van der Waals surface area contributed by atoms with E-state index < -0.39 is 17.5 Å². The molecule has 3 aromatic heterocycles. The van der Waals surface area contributed by atoms with Crippen LogP contribution in [-0.2, 0) is 11.8 Å². The first-order valence-electron chi connectivity index (χ1n) is 10.4. The van der Waals surface area contributed by atoms with E-state index >= 15 is 0 Å². The molecule has 7 nitrogen and oxygen atoms in total. The quantitative estimate of drug-likeness (QED) is 0.514. The van der Waals surface area contributed by atoms with E-state index in [2.05, 4.69) is 20.4 Å². The zero-order valence-corrected chi connectivity index (χ0v) is 17.7. The number of halogens is 3. The molecule has 0 aromatic carbocycles. The Hall–Kier alpha value is -3.14. The number of nitrogens with one attached hydrogen (secondary N) is 1. The lowest BCUT2D eigenvalue weighted by molar-refractivity contribution is -0.141. The molecule has 2 N–H and O–H groups in total. The SMILES string of the molecule is CC(C)(O)c1cc(Nc2cc(Oc3cc(C(F)(F)F)nn3C3CCCC3)ccn2)ccn1. The Morgan fingerprint density at radius 2 is 1.75 bits per heavy atom. The molecule has 1 saturated carbocycles. The van der Waals surface area contributed by atoms with Crippen LogP contribution in [0.15, 0.2) is 42.7 Å². The third kappa shape index (κ3) is 5.01. The maximum atomic E-state index is 13.3. The van der Waals surface area contributed by atoms with Gasteiger partial charge in [-0.1, -0.05) is 12.8 Å². The van der Waals surface area contributed by atoms with E-state index in [0.717, 1.165) is 31.7 Å². The number of alkyl halides is 3. The number of hydrogen-bond donors (Lipinski definition) is 2. The van der Waals surface area contributed by atoms with E-state index in [1.54, 1.807) is 44.3 Å². The van der Waals surface area contributed by atoms with Crippen LogP contribution in [0.4, 0.5) is 24.7 Å². The van der Waals surface area contributed by atoms with Crippen LogP contribution in [0.1, 0.15) is 57.0 Å². The van der Waals surface area contributed by atoms with Crippen molar-refractivity contribution in [2.45, 2.75) is 57.3 Å². The Balaban J connectivity index is 1.58. The van der Waals surface area contributed by atoms with Crippen LogP contribution in [0, 0.1) is 0 Å². The van der Waals surface area contributed by atoms with Crippen molar-refractivity contribution in [2.75, 3.05) is 5.32 Å². The van der Waals surface area contributed by atoms with Crippen molar-refractivity contribution in [3.63, 3.8) is 0 Å². The third-order valence-electron chi connectivity index (χ3n) is 5.28. The summed E-state index contributed by atoms with van der Waals surface area (Å²) in [6, 6.07) is 7.39. The number of pyridine rings is 2. The molecule has 0 spiro atoms. The maximum absolute atomic E-state index is 13.3. The number of nitrogens with zero attached hydrogens (tertiary/aromatic N) is 4. The average molecular weight is 447 g/mol. The molecule has 3 aromatic rings. The van der Waals surface area contributed by atoms with Crippen LogP contribution in [0.5, 0.6) is 11.6 Å². The molecule has 0 bridgehead atoms. The molecule has 32 heavy (non-hydrogen) atoms. The number of aliphatic hydroxyl groups is 1. The van der Waals surface area contributed by atoms with Crippen molar-refractivity contribution in [2.24, 2.45) is 0 Å². The number of ether oxygens (including phenoxy) is 1. The Kier molecular flexibility index (Phi) is 5.81. The molecule has 4 rings (SSSR count). The molecule has 3 heterocycles. The molecule has 10 heteroatoms. The fourth-order valence-electron chi connectivity index (χ4n) is 3.66. The second-order valence-electron chi connectivity index (χ2n) is 8.34. The molecule has 1 fully saturated rings. The summed E-state index contributed by atoms with van der Waals surface area (Å²) in [6.45, 7) is 3.27. The second-order valence-corrected chi connectivity index (χ2v) is 8.34. The minimum absolute atomic E-state index is 0.0506. The van der Waals surface area contributed by atoms with Gasteiger partial charge in [0.05, 0.1) is 11.7 Å². The largest absolute Gasteiger partial charge is 0.439 e. The van der Waals surface area contributed by atoms with Crippen LogP contribution < -0.4 is 10.1 Å². The lowest BCUT2D eigenvalue weighted by Gasteiger charge is -2.17. The van der Waals surface area contributed by atoms with Gasteiger partial charge in [0, 0.05) is 30.2 Å². The van der Waals surface area contributed by atoms with Crippen LogP contribution >= 0.6 is 0 Å². The number of aromatic nitrogens is 4. The maximum Gasteiger partial charge on any atom is 0.435 e. The van der Waals surface area contributed by atoms with Crippen molar-refractivity contribution in [3.8, 4) is 11.6 Å². The van der Waals surface area contributed by atoms with Crippen molar-refractivity contribution in [1.29, 1.82) is 0 Å². The standard InChI is InChI=1S/C22H24F3N5O2/c1-21(2,31)17-11-14(7-9-26-17)28-19-12-16(8-10-27-19)32-20-13-18(22(23,24)25)29-30(20)15-5-3-4-6-15/h7-13,15,31H,3-6H2,1-2H3,(H,26,27,28). The van der Waals surface area contributed by atoms with E-state index in [1.807, 2.05) is 0 Å². The molecule has 1 aliphatic carbocycles. The van der Waals surface area contributed by atoms with E-state index in [0.29, 0.717) is 22.9 Å². The first-order valence-corrected chi connectivity index (χ1v) is 10.4. The zero-order chi connectivity index (χ0) is 22.9. The minimum Gasteiger partial charge on any atom is -0.439 e. The molecule has 0 radical (unpaired) electrons. The topological polar surface area (TPSA) is 85.1 Å². The highest BCUT2D eigenvalue weighted by molar-refractivity contribution is 5.57. The molecule has 0 saturated heterocycles. The van der Waals surface area contributed by atoms with Crippen LogP contribution in [-0.4, -0.2) is 24.9 Å². The normalized spacial score (nSPS) is 15.2. The van der Waals surface area contributed by atoms with Gasteiger partial charge < -0.3 is 15.2 Å². The van der Waals surface area contributed by atoms with E-state index in [1.165, 1.54) is 10.9 Å². The zero-order valence-electron chi connectivity index (χ0n) is 17.7. The summed E-state index contributed by atoms with van der Waals surface area (Å²) in [5, 5.41) is 17.0. The summed E-state index contributed by atoms with van der Waals surface area (Å²) in [5.41, 5.74) is -0.944. The molecule has 170 valence electrons. The molecule has 0 atom stereocenters. The molecular formula is C22H24F3N5O2. The van der Waals surface area contributed by atoms with Crippen molar-refractivity contribution in [1.82, 2.24) is 19.7 Å². The summed E-state index contributed by atoms with van der Waals surface area (Å²) in [4.78, 5) is 8.39. The first kappa shape index (κ1) is 22.1. The number of anilines is 2. The molecule has 0 unspecified atom stereocenters. The van der Waals surface area contributed by atoms with Gasteiger partial charge >= 0.3 is 6.18 Å². The Morgan fingerprint density at radius 3 is 2.44 bits per heavy atom. The fourth-order valence-corrected chi connectivity index (χ4v) is 3.66. The summed E-state index contributed by atoms with van der Waals surface area (Å²) < 4.78 is 46.9. The van der Waals surface area contributed by atoms with Gasteiger partial charge in [-0.15, -0.1) is 0 Å². The van der Waals surface area contributed by atoms with Gasteiger partial charge in [-0.25, -0.2) is 9.67 Å². The highest BCUT2D eigenvalue weighted by Crippen LogP contribution is 2.38. The summed E-state index contributed by atoms with van der Waals surface area (Å²) in [6.07, 6.45) is 1.95. The van der Waals surface area contributed by atoms with Gasteiger partial charge in [0.2, 0.25) is 5.88 Å². The van der Waals surface area contributed by atoms with Crippen LogP contribution in [0.3, 0.4) is 0 Å². The van der Waals surface area contributed by atoms with E-state index in [-0.39, 0.29) is 11.9 Å². The van der Waals surface area contributed by atoms with Gasteiger partial charge in [0.15, 0.2) is 5.69 Å². The third-order valence-corrected chi connectivity index (χ3v) is 5.28. The van der Waals surface area contributed by atoms with Gasteiger partial charge in [0.1, 0.15) is 17.2 Å². The monoisotopic (exact) mass is 447 g/mol. The van der Waals surface area contributed by atoms with E-state index in [4.69, 9.17) is 4.74 Å².